The predicted octanol–water partition coefficient (Wildman–Crippen LogP) is 2.63. The van der Waals surface area contributed by atoms with Gasteiger partial charge in [-0.05, 0) is 48.6 Å². The zero-order valence-electron chi connectivity index (χ0n) is 10.1. The smallest absolute Gasteiger partial charge is 0.336 e. The highest BCUT2D eigenvalue weighted by Gasteiger charge is 2.13. The van der Waals surface area contributed by atoms with Gasteiger partial charge in [0.25, 0.3) is 0 Å². The van der Waals surface area contributed by atoms with Crippen LogP contribution in [0.2, 0.25) is 0 Å². The maximum absolute atomic E-state index is 11.7. The molecule has 0 atom stereocenters. The normalized spacial score (nSPS) is 16.1. The first-order valence-corrected chi connectivity index (χ1v) is 6.30. The molecule has 0 amide bonds. The number of carbonyl (C=O) groups is 1. The van der Waals surface area contributed by atoms with Crippen LogP contribution in [-0.2, 0) is 17.6 Å². The lowest BCUT2D eigenvalue weighted by Gasteiger charge is -2.13. The van der Waals surface area contributed by atoms with Crippen LogP contribution in [0.1, 0.15) is 30.4 Å². The van der Waals surface area contributed by atoms with Crippen molar-refractivity contribution in [1.29, 1.82) is 0 Å². The Hall–Kier alpha value is -1.90. The van der Waals surface area contributed by atoms with Crippen LogP contribution in [0.3, 0.4) is 0 Å². The first-order valence-electron chi connectivity index (χ1n) is 6.30. The van der Waals surface area contributed by atoms with Gasteiger partial charge in [-0.1, -0.05) is 0 Å². The zero-order chi connectivity index (χ0) is 12.5. The third kappa shape index (κ3) is 2.08. The van der Waals surface area contributed by atoms with E-state index in [4.69, 9.17) is 4.42 Å². The van der Waals surface area contributed by atoms with Gasteiger partial charge in [-0.25, -0.2) is 4.79 Å². The lowest BCUT2D eigenvalue weighted by molar-refractivity contribution is -0.118. The number of carbonyl (C=O) groups excluding carboxylic acids is 1. The molecule has 0 saturated carbocycles. The van der Waals surface area contributed by atoms with E-state index in [0.29, 0.717) is 18.4 Å². The number of hydrogen-bond acceptors (Lipinski definition) is 3. The van der Waals surface area contributed by atoms with Gasteiger partial charge in [0.1, 0.15) is 11.4 Å². The van der Waals surface area contributed by atoms with E-state index in [1.54, 1.807) is 6.07 Å². The Morgan fingerprint density at radius 3 is 2.67 bits per heavy atom. The molecule has 0 fully saturated rings. The molecule has 0 radical (unpaired) electrons. The van der Waals surface area contributed by atoms with Gasteiger partial charge in [0.15, 0.2) is 0 Å². The van der Waals surface area contributed by atoms with E-state index in [1.165, 1.54) is 11.6 Å². The zero-order valence-corrected chi connectivity index (χ0v) is 10.1. The third-order valence-corrected chi connectivity index (χ3v) is 3.48. The van der Waals surface area contributed by atoms with Gasteiger partial charge >= 0.3 is 5.63 Å². The molecule has 3 nitrogen and oxygen atoms in total. The molecule has 0 bridgehead atoms. The Morgan fingerprint density at radius 2 is 1.78 bits per heavy atom. The van der Waals surface area contributed by atoms with Crippen molar-refractivity contribution < 1.29 is 9.21 Å². The lowest BCUT2D eigenvalue weighted by Crippen LogP contribution is -2.09. The van der Waals surface area contributed by atoms with Crippen LogP contribution < -0.4 is 5.63 Å². The van der Waals surface area contributed by atoms with E-state index in [9.17, 15) is 9.59 Å². The fourth-order valence-corrected chi connectivity index (χ4v) is 2.54. The number of Topliss-reactive ketones (excluding diaryl/α,β-unsaturated/α-hetero) is 1. The van der Waals surface area contributed by atoms with E-state index < -0.39 is 0 Å². The molecule has 92 valence electrons. The molecule has 3 heteroatoms. The largest absolute Gasteiger partial charge is 0.423 e. The van der Waals surface area contributed by atoms with E-state index in [2.05, 4.69) is 0 Å². The van der Waals surface area contributed by atoms with Crippen LogP contribution in [0.4, 0.5) is 0 Å². The number of aryl methyl sites for hydroxylation is 1. The van der Waals surface area contributed by atoms with Crippen molar-refractivity contribution in [2.75, 3.05) is 0 Å². The average molecular weight is 242 g/mol. The SMILES string of the molecule is O=C1CCCCc2cc3ccc(=O)oc3cc2C1. The molecule has 3 rings (SSSR count). The molecule has 1 aliphatic rings. The summed E-state index contributed by atoms with van der Waals surface area (Å²) in [5.41, 5.74) is 2.46. The summed E-state index contributed by atoms with van der Waals surface area (Å²) in [6, 6.07) is 7.12. The van der Waals surface area contributed by atoms with Crippen molar-refractivity contribution >= 4 is 16.8 Å². The second kappa shape index (κ2) is 4.41. The maximum Gasteiger partial charge on any atom is 0.336 e. The number of hydrogen-bond donors (Lipinski definition) is 0. The van der Waals surface area contributed by atoms with Crippen molar-refractivity contribution in [3.8, 4) is 0 Å². The second-order valence-corrected chi connectivity index (χ2v) is 4.84. The monoisotopic (exact) mass is 242 g/mol. The Bertz CT molecular complexity index is 667. The molecule has 0 saturated heterocycles. The van der Waals surface area contributed by atoms with Crippen LogP contribution >= 0.6 is 0 Å². The number of rotatable bonds is 0. The van der Waals surface area contributed by atoms with E-state index >= 15 is 0 Å². The van der Waals surface area contributed by atoms with Gasteiger partial charge in [-0.15, -0.1) is 0 Å². The van der Waals surface area contributed by atoms with E-state index in [-0.39, 0.29) is 11.4 Å². The van der Waals surface area contributed by atoms with Crippen molar-refractivity contribution in [3.05, 3.63) is 45.8 Å². The van der Waals surface area contributed by atoms with E-state index in [0.717, 1.165) is 30.2 Å². The molecule has 0 unspecified atom stereocenters. The van der Waals surface area contributed by atoms with Crippen LogP contribution in [-0.4, -0.2) is 5.78 Å². The highest BCUT2D eigenvalue weighted by molar-refractivity contribution is 5.84. The molecule has 1 aromatic heterocycles. The van der Waals surface area contributed by atoms with Crippen LogP contribution in [0, 0.1) is 0 Å². The number of benzene rings is 1. The fraction of sp³-hybridized carbons (Fsp3) is 0.333. The highest BCUT2D eigenvalue weighted by Crippen LogP contribution is 2.24. The van der Waals surface area contributed by atoms with Crippen LogP contribution in [0.15, 0.2) is 33.5 Å². The molecular weight excluding hydrogens is 228 g/mol. The van der Waals surface area contributed by atoms with Crippen LogP contribution in [0.25, 0.3) is 11.0 Å². The summed E-state index contributed by atoms with van der Waals surface area (Å²) in [4.78, 5) is 22.9. The van der Waals surface area contributed by atoms with Gasteiger partial charge in [0.05, 0.1) is 0 Å². The van der Waals surface area contributed by atoms with Gasteiger partial charge in [-0.3, -0.25) is 4.79 Å². The Kier molecular flexibility index (Phi) is 2.74. The molecule has 18 heavy (non-hydrogen) atoms. The van der Waals surface area contributed by atoms with Gasteiger partial charge in [-0.2, -0.15) is 0 Å². The van der Waals surface area contributed by atoms with Gasteiger partial charge in [0.2, 0.25) is 0 Å². The molecular formula is C15H14O3. The first-order chi connectivity index (χ1) is 8.72. The minimum absolute atomic E-state index is 0.272. The average Bonchev–Trinajstić information content (AvgIpc) is 2.32. The van der Waals surface area contributed by atoms with Crippen molar-refractivity contribution in [2.24, 2.45) is 0 Å². The molecule has 0 N–H and O–H groups in total. The summed E-state index contributed by atoms with van der Waals surface area (Å²) < 4.78 is 5.17. The Morgan fingerprint density at radius 1 is 0.944 bits per heavy atom. The van der Waals surface area contributed by atoms with Crippen LogP contribution in [0.5, 0.6) is 0 Å². The quantitative estimate of drug-likeness (QED) is 0.667. The maximum atomic E-state index is 11.7. The Balaban J connectivity index is 2.18. The minimum atomic E-state index is -0.348. The second-order valence-electron chi connectivity index (χ2n) is 4.84. The number of ketones is 1. The molecule has 1 heterocycles. The molecule has 0 spiro atoms. The summed E-state index contributed by atoms with van der Waals surface area (Å²) in [5.74, 6) is 0.272. The molecule has 2 aromatic rings. The molecule has 1 aromatic carbocycles. The van der Waals surface area contributed by atoms with Gasteiger partial charge < -0.3 is 4.42 Å². The summed E-state index contributed by atoms with van der Waals surface area (Å²) >= 11 is 0. The van der Waals surface area contributed by atoms with E-state index in [1.807, 2.05) is 12.1 Å². The summed E-state index contributed by atoms with van der Waals surface area (Å²) in [5, 5.41) is 0.932. The number of fused-ring (bicyclic) bond motifs is 2. The standard InChI is InChI=1S/C15H14O3/c16-13-4-2-1-3-10-7-11-5-6-15(17)18-14(11)9-12(10)8-13/h5-7,9H,1-4,8H2. The summed E-state index contributed by atoms with van der Waals surface area (Å²) in [6.07, 6.45) is 4.14. The topological polar surface area (TPSA) is 47.3 Å². The summed E-state index contributed by atoms with van der Waals surface area (Å²) in [6.45, 7) is 0. The predicted molar refractivity (Wildman–Crippen MR) is 68.8 cm³/mol. The van der Waals surface area contributed by atoms with Gasteiger partial charge in [0, 0.05) is 24.3 Å². The van der Waals surface area contributed by atoms with Crippen molar-refractivity contribution in [3.63, 3.8) is 0 Å². The third-order valence-electron chi connectivity index (χ3n) is 3.48. The summed E-state index contributed by atoms with van der Waals surface area (Å²) in [7, 11) is 0. The molecule has 1 aliphatic carbocycles. The lowest BCUT2D eigenvalue weighted by atomic mass is 9.91. The highest BCUT2D eigenvalue weighted by atomic mass is 16.4. The Labute approximate surface area is 104 Å². The van der Waals surface area contributed by atoms with Crippen molar-refractivity contribution in [1.82, 2.24) is 0 Å². The minimum Gasteiger partial charge on any atom is -0.423 e. The fourth-order valence-electron chi connectivity index (χ4n) is 2.54. The van der Waals surface area contributed by atoms with Crippen molar-refractivity contribution in [2.45, 2.75) is 32.1 Å². The first kappa shape index (κ1) is 11.2. The molecule has 0 aliphatic heterocycles.